The predicted molar refractivity (Wildman–Crippen MR) is 55.3 cm³/mol. The predicted octanol–water partition coefficient (Wildman–Crippen LogP) is 2.38. The van der Waals surface area contributed by atoms with Crippen molar-refractivity contribution < 1.29 is 27.6 Å². The Hall–Kier alpha value is -2.34. The van der Waals surface area contributed by atoms with Crippen molar-refractivity contribution in [2.75, 3.05) is 13.2 Å². The Balaban J connectivity index is 2.68. The van der Waals surface area contributed by atoms with Crippen LogP contribution in [0.5, 0.6) is 5.75 Å². The van der Waals surface area contributed by atoms with E-state index in [1.807, 2.05) is 0 Å². The molecule has 102 valence electrons. The molecule has 0 heterocycles. The first-order chi connectivity index (χ1) is 8.83. The van der Waals surface area contributed by atoms with Crippen molar-refractivity contribution in [1.82, 2.24) is 0 Å². The Morgan fingerprint density at radius 2 is 2.05 bits per heavy atom. The highest BCUT2D eigenvalue weighted by atomic mass is 19.4. The Morgan fingerprint density at radius 1 is 1.37 bits per heavy atom. The van der Waals surface area contributed by atoms with Crippen molar-refractivity contribution in [3.8, 4) is 11.8 Å². The van der Waals surface area contributed by atoms with Gasteiger partial charge in [0.15, 0.2) is 5.75 Å². The fourth-order valence-electron chi connectivity index (χ4n) is 1.16. The van der Waals surface area contributed by atoms with Gasteiger partial charge < -0.3 is 4.74 Å². The Bertz CT molecular complexity index is 510. The summed E-state index contributed by atoms with van der Waals surface area (Å²) in [7, 11) is 0. The van der Waals surface area contributed by atoms with Gasteiger partial charge in [0.25, 0.3) is 0 Å². The normalized spacial score (nSPS) is 10.8. The molecule has 0 saturated carbocycles. The number of nitriles is 1. The van der Waals surface area contributed by atoms with Crippen molar-refractivity contribution in [3.63, 3.8) is 0 Å². The second-order valence-corrected chi connectivity index (χ2v) is 3.19. The molecule has 0 aliphatic heterocycles. The Kier molecular flexibility index (Phi) is 4.66. The second-order valence-electron chi connectivity index (χ2n) is 3.19. The van der Waals surface area contributed by atoms with Crippen LogP contribution in [0.4, 0.5) is 18.9 Å². The molecule has 1 aromatic carbocycles. The number of nitrogens with zero attached hydrogens (tertiary/aromatic N) is 2. The lowest BCUT2D eigenvalue weighted by Crippen LogP contribution is -2.18. The summed E-state index contributed by atoms with van der Waals surface area (Å²) < 4.78 is 43.3. The number of rotatable bonds is 5. The smallest absolute Gasteiger partial charge is 0.484 e. The summed E-state index contributed by atoms with van der Waals surface area (Å²) in [6.07, 6.45) is -4.78. The minimum absolute atomic E-state index is 0.0468. The molecular formula is C10H7F3N2O4. The zero-order valence-corrected chi connectivity index (χ0v) is 9.31. The number of hydrogen-bond donors (Lipinski definition) is 0. The van der Waals surface area contributed by atoms with E-state index < -0.39 is 30.2 Å². The van der Waals surface area contributed by atoms with Crippen LogP contribution in [0.25, 0.3) is 0 Å². The maximum atomic E-state index is 11.7. The largest absolute Gasteiger partial charge is 0.522 e. The number of halogens is 3. The fourth-order valence-corrected chi connectivity index (χ4v) is 1.16. The fraction of sp³-hybridized carbons (Fsp3) is 0.300. The molecule has 19 heavy (non-hydrogen) atoms. The van der Waals surface area contributed by atoms with Gasteiger partial charge in [-0.25, -0.2) is 0 Å². The molecule has 0 amide bonds. The van der Waals surface area contributed by atoms with E-state index in [1.54, 1.807) is 6.07 Å². The quantitative estimate of drug-likeness (QED) is 0.468. The summed E-state index contributed by atoms with van der Waals surface area (Å²) in [6, 6.07) is 5.08. The van der Waals surface area contributed by atoms with Crippen LogP contribution in [0.1, 0.15) is 5.56 Å². The second kappa shape index (κ2) is 6.01. The molecule has 0 N–H and O–H groups in total. The topological polar surface area (TPSA) is 85.4 Å². The van der Waals surface area contributed by atoms with E-state index >= 15 is 0 Å². The van der Waals surface area contributed by atoms with E-state index in [4.69, 9.17) is 10.00 Å². The molecule has 1 aromatic rings. The van der Waals surface area contributed by atoms with E-state index in [1.165, 1.54) is 6.07 Å². The maximum Gasteiger partial charge on any atom is 0.522 e. The number of alkyl halides is 3. The molecule has 0 fully saturated rings. The van der Waals surface area contributed by atoms with Gasteiger partial charge in [0.1, 0.15) is 6.61 Å². The first-order valence-electron chi connectivity index (χ1n) is 4.85. The molecule has 0 saturated heterocycles. The average Bonchev–Trinajstić information content (AvgIpc) is 2.33. The van der Waals surface area contributed by atoms with Crippen LogP contribution in [0.15, 0.2) is 18.2 Å². The van der Waals surface area contributed by atoms with Crippen LogP contribution in [0.3, 0.4) is 0 Å². The molecule has 0 spiro atoms. The molecule has 0 aliphatic rings. The van der Waals surface area contributed by atoms with E-state index in [9.17, 15) is 23.3 Å². The van der Waals surface area contributed by atoms with Gasteiger partial charge in [-0.1, -0.05) is 0 Å². The van der Waals surface area contributed by atoms with Gasteiger partial charge in [-0.05, 0) is 12.1 Å². The van der Waals surface area contributed by atoms with E-state index in [-0.39, 0.29) is 11.3 Å². The molecule has 0 radical (unpaired) electrons. The SMILES string of the molecule is N#Cc1ccc(OCCOC(F)(F)F)c([N+](=O)[O-])c1. The highest BCUT2D eigenvalue weighted by molar-refractivity contribution is 5.51. The molecule has 0 unspecified atom stereocenters. The van der Waals surface area contributed by atoms with Gasteiger partial charge >= 0.3 is 12.0 Å². The monoisotopic (exact) mass is 276 g/mol. The number of nitro groups is 1. The van der Waals surface area contributed by atoms with Gasteiger partial charge in [0.05, 0.1) is 23.2 Å². The molecule has 9 heteroatoms. The van der Waals surface area contributed by atoms with Crippen molar-refractivity contribution in [3.05, 3.63) is 33.9 Å². The average molecular weight is 276 g/mol. The highest BCUT2D eigenvalue weighted by Gasteiger charge is 2.28. The van der Waals surface area contributed by atoms with E-state index in [2.05, 4.69) is 4.74 Å². The van der Waals surface area contributed by atoms with Crippen molar-refractivity contribution >= 4 is 5.69 Å². The van der Waals surface area contributed by atoms with Crippen LogP contribution >= 0.6 is 0 Å². The number of nitro benzene ring substituents is 1. The summed E-state index contributed by atoms with van der Waals surface area (Å²) in [5.74, 6) is -0.227. The first kappa shape index (κ1) is 14.7. The van der Waals surface area contributed by atoms with Crippen molar-refractivity contribution in [2.24, 2.45) is 0 Å². The van der Waals surface area contributed by atoms with Gasteiger partial charge in [-0.15, -0.1) is 13.2 Å². The van der Waals surface area contributed by atoms with Gasteiger partial charge in [0.2, 0.25) is 0 Å². The van der Waals surface area contributed by atoms with Crippen LogP contribution in [0.2, 0.25) is 0 Å². The zero-order chi connectivity index (χ0) is 14.5. The molecule has 6 nitrogen and oxygen atoms in total. The zero-order valence-electron chi connectivity index (χ0n) is 9.31. The molecule has 0 aromatic heterocycles. The number of benzene rings is 1. The molecule has 0 bridgehead atoms. The lowest BCUT2D eigenvalue weighted by Gasteiger charge is -2.09. The maximum absolute atomic E-state index is 11.7. The highest BCUT2D eigenvalue weighted by Crippen LogP contribution is 2.27. The molecule has 0 aliphatic carbocycles. The van der Waals surface area contributed by atoms with Crippen molar-refractivity contribution in [1.29, 1.82) is 5.26 Å². The summed E-state index contributed by atoms with van der Waals surface area (Å²) in [5, 5.41) is 19.3. The number of ether oxygens (including phenoxy) is 2. The number of hydrogen-bond acceptors (Lipinski definition) is 5. The third kappa shape index (κ3) is 4.81. The molecule has 0 atom stereocenters. The lowest BCUT2D eigenvalue weighted by atomic mass is 10.2. The Labute approximate surface area is 105 Å². The van der Waals surface area contributed by atoms with Crippen LogP contribution < -0.4 is 4.74 Å². The summed E-state index contributed by atoms with van der Waals surface area (Å²) in [4.78, 5) is 9.90. The third-order valence-corrected chi connectivity index (χ3v) is 1.89. The summed E-state index contributed by atoms with van der Waals surface area (Å²) >= 11 is 0. The van der Waals surface area contributed by atoms with E-state index in [0.29, 0.717) is 0 Å². The standard InChI is InChI=1S/C10H7F3N2O4/c11-10(12,13)19-4-3-18-9-2-1-7(6-14)5-8(9)15(16)17/h1-2,5H,3-4H2. The van der Waals surface area contributed by atoms with Crippen LogP contribution in [-0.4, -0.2) is 24.5 Å². The van der Waals surface area contributed by atoms with Crippen LogP contribution in [0, 0.1) is 21.4 Å². The summed E-state index contributed by atoms with van der Waals surface area (Å²) in [6.45, 7) is -1.30. The first-order valence-corrected chi connectivity index (χ1v) is 4.85. The lowest BCUT2D eigenvalue weighted by molar-refractivity contribution is -0.386. The third-order valence-electron chi connectivity index (χ3n) is 1.89. The Morgan fingerprint density at radius 3 is 2.58 bits per heavy atom. The summed E-state index contributed by atoms with van der Waals surface area (Å²) in [5.41, 5.74) is -0.448. The van der Waals surface area contributed by atoms with Crippen LogP contribution in [-0.2, 0) is 4.74 Å². The van der Waals surface area contributed by atoms with E-state index in [0.717, 1.165) is 12.1 Å². The van der Waals surface area contributed by atoms with Gasteiger partial charge in [-0.2, -0.15) is 5.26 Å². The minimum atomic E-state index is -4.78. The molecule has 1 rings (SSSR count). The van der Waals surface area contributed by atoms with Gasteiger partial charge in [-0.3, -0.25) is 14.9 Å². The van der Waals surface area contributed by atoms with Crippen molar-refractivity contribution in [2.45, 2.75) is 6.36 Å². The van der Waals surface area contributed by atoms with Gasteiger partial charge in [0, 0.05) is 6.07 Å². The molecular weight excluding hydrogens is 269 g/mol. The minimum Gasteiger partial charge on any atom is -0.484 e.